The first-order valence-electron chi connectivity index (χ1n) is 37.3. The lowest BCUT2D eigenvalue weighted by Crippen LogP contribution is -2.69. The monoisotopic (exact) mass is 1390 g/mol. The zero-order chi connectivity index (χ0) is 69.6. The number of unbranched alkanes of at least 4 members (excludes halogenated alkanes) is 37. The Balaban J connectivity index is 1.73. The summed E-state index contributed by atoms with van der Waals surface area (Å²) in [6, 6.07) is 0. The van der Waals surface area contributed by atoms with Gasteiger partial charge in [-0.05, 0) is 19.3 Å². The summed E-state index contributed by atoms with van der Waals surface area (Å²) < 4.78 is 64.9. The standard InChI is InChI=1S/C70H131O24P/c1-4-7-10-13-16-19-22-24-26-28-31-32-35-38-41-44-54(72)86-48-51(89-56(74)46-43-40-37-34-29-21-18-15-12-9-6-3)49-88-95(84,85)94-68-66(92-69-64(82)59(77)57(75)52(47-71)90-69)62(80)61(79)63(81)67(68)93-70-65(83)60(78)58(76)53(91-70)50-87-55(73)45-42-39-36-33-30-27-25-23-20-17-14-11-8-5-2/h51-53,57-71,75-83H,4-50H2,1-3H3,(H,84,85). The summed E-state index contributed by atoms with van der Waals surface area (Å²) in [5.41, 5.74) is 0. The molecule has 0 amide bonds. The maximum Gasteiger partial charge on any atom is 0.472 e. The fourth-order valence-corrected chi connectivity index (χ4v) is 13.5. The quantitative estimate of drug-likeness (QED) is 0.0117. The second-order valence-corrected chi connectivity index (χ2v) is 28.4. The van der Waals surface area contributed by atoms with Gasteiger partial charge >= 0.3 is 25.7 Å². The van der Waals surface area contributed by atoms with Gasteiger partial charge in [0.15, 0.2) is 18.7 Å². The van der Waals surface area contributed by atoms with Gasteiger partial charge in [0.05, 0.1) is 13.2 Å². The smallest absolute Gasteiger partial charge is 0.463 e. The third-order valence-corrected chi connectivity index (χ3v) is 19.6. The summed E-state index contributed by atoms with van der Waals surface area (Å²) in [7, 11) is -5.69. The van der Waals surface area contributed by atoms with Gasteiger partial charge in [0, 0.05) is 19.3 Å². The Labute approximate surface area is 568 Å². The van der Waals surface area contributed by atoms with E-state index in [-0.39, 0.29) is 19.3 Å². The van der Waals surface area contributed by atoms with Crippen LogP contribution in [-0.4, -0.2) is 204 Å². The number of aliphatic hydroxyl groups excluding tert-OH is 10. The van der Waals surface area contributed by atoms with Gasteiger partial charge in [-0.1, -0.05) is 258 Å². The average molecular weight is 1390 g/mol. The highest BCUT2D eigenvalue weighted by Crippen LogP contribution is 2.49. The van der Waals surface area contributed by atoms with E-state index in [0.29, 0.717) is 19.3 Å². The molecule has 0 spiro atoms. The Kier molecular flexibility index (Phi) is 48.5. The zero-order valence-corrected chi connectivity index (χ0v) is 59.1. The summed E-state index contributed by atoms with van der Waals surface area (Å²) in [5.74, 6) is -1.98. The van der Waals surface area contributed by atoms with Crippen molar-refractivity contribution >= 4 is 25.7 Å². The Morgan fingerprint density at radius 2 is 0.674 bits per heavy atom. The number of hydrogen-bond acceptors (Lipinski definition) is 23. The van der Waals surface area contributed by atoms with E-state index < -0.39 is 156 Å². The molecule has 3 fully saturated rings. The van der Waals surface area contributed by atoms with Crippen molar-refractivity contribution in [1.29, 1.82) is 0 Å². The van der Waals surface area contributed by atoms with Crippen molar-refractivity contribution in [3.05, 3.63) is 0 Å². The van der Waals surface area contributed by atoms with Crippen molar-refractivity contribution in [2.75, 3.05) is 26.4 Å². The molecule has 2 heterocycles. The van der Waals surface area contributed by atoms with Crippen molar-refractivity contribution in [3.63, 3.8) is 0 Å². The second-order valence-electron chi connectivity index (χ2n) is 27.0. The number of rotatable bonds is 58. The van der Waals surface area contributed by atoms with Gasteiger partial charge < -0.3 is 89.1 Å². The minimum atomic E-state index is -5.69. The van der Waals surface area contributed by atoms with Gasteiger partial charge in [0.1, 0.15) is 98.7 Å². The van der Waals surface area contributed by atoms with Crippen LogP contribution < -0.4 is 0 Å². The van der Waals surface area contributed by atoms with Gasteiger partial charge in [-0.25, -0.2) is 4.57 Å². The van der Waals surface area contributed by atoms with Crippen molar-refractivity contribution in [2.45, 2.75) is 401 Å². The van der Waals surface area contributed by atoms with Crippen LogP contribution in [0.3, 0.4) is 0 Å². The molecule has 2 aliphatic heterocycles. The predicted octanol–water partition coefficient (Wildman–Crippen LogP) is 9.79. The Morgan fingerprint density at radius 3 is 1.03 bits per heavy atom. The Morgan fingerprint density at radius 1 is 0.368 bits per heavy atom. The van der Waals surface area contributed by atoms with E-state index in [2.05, 4.69) is 20.8 Å². The molecule has 0 aromatic heterocycles. The van der Waals surface area contributed by atoms with E-state index in [1.807, 2.05) is 0 Å². The molecule has 560 valence electrons. The summed E-state index contributed by atoms with van der Waals surface area (Å²) >= 11 is 0. The van der Waals surface area contributed by atoms with Crippen molar-refractivity contribution < 1.29 is 117 Å². The Bertz CT molecular complexity index is 1980. The van der Waals surface area contributed by atoms with Gasteiger partial charge in [0.2, 0.25) is 0 Å². The molecule has 1 aliphatic carbocycles. The van der Waals surface area contributed by atoms with Gasteiger partial charge in [0.25, 0.3) is 0 Å². The summed E-state index contributed by atoms with van der Waals surface area (Å²) in [6.07, 6.45) is 8.96. The number of aliphatic hydroxyl groups is 10. The largest absolute Gasteiger partial charge is 0.472 e. The molecule has 0 aromatic carbocycles. The van der Waals surface area contributed by atoms with Crippen LogP contribution in [0.2, 0.25) is 0 Å². The molecule has 3 aliphatic rings. The summed E-state index contributed by atoms with van der Waals surface area (Å²) in [4.78, 5) is 50.9. The lowest BCUT2D eigenvalue weighted by atomic mass is 9.84. The van der Waals surface area contributed by atoms with Gasteiger partial charge in [-0.3, -0.25) is 23.4 Å². The van der Waals surface area contributed by atoms with Gasteiger partial charge in [-0.15, -0.1) is 0 Å². The van der Waals surface area contributed by atoms with Crippen molar-refractivity contribution in [1.82, 2.24) is 0 Å². The molecule has 0 radical (unpaired) electrons. The van der Waals surface area contributed by atoms with Crippen LogP contribution in [0, 0.1) is 0 Å². The highest BCUT2D eigenvalue weighted by molar-refractivity contribution is 7.47. The number of esters is 3. The zero-order valence-electron chi connectivity index (χ0n) is 58.2. The van der Waals surface area contributed by atoms with E-state index in [0.717, 1.165) is 89.9 Å². The molecule has 0 bridgehead atoms. The van der Waals surface area contributed by atoms with Crippen LogP contribution in [0.25, 0.3) is 0 Å². The van der Waals surface area contributed by atoms with E-state index >= 15 is 0 Å². The topological polar surface area (TPSA) is 374 Å². The first kappa shape index (κ1) is 87.2. The molecule has 3 rings (SSSR count). The fraction of sp³-hybridized carbons (Fsp3) is 0.957. The summed E-state index contributed by atoms with van der Waals surface area (Å²) in [6.45, 7) is 3.45. The van der Waals surface area contributed by atoms with Crippen LogP contribution in [0.1, 0.15) is 297 Å². The number of ether oxygens (including phenoxy) is 7. The molecule has 18 unspecified atom stereocenters. The highest BCUT2D eigenvalue weighted by Gasteiger charge is 2.58. The number of carbonyl (C=O) groups is 3. The Hall–Kier alpha value is -2.04. The number of phosphoric acid groups is 1. The third kappa shape index (κ3) is 36.4. The van der Waals surface area contributed by atoms with E-state index in [1.54, 1.807) is 0 Å². The molecule has 25 heteroatoms. The maximum absolute atomic E-state index is 14.3. The number of hydrogen-bond donors (Lipinski definition) is 11. The number of phosphoric ester groups is 1. The molecule has 18 atom stereocenters. The fourth-order valence-electron chi connectivity index (χ4n) is 12.5. The lowest BCUT2D eigenvalue weighted by molar-refractivity contribution is -0.360. The minimum Gasteiger partial charge on any atom is -0.463 e. The van der Waals surface area contributed by atoms with Crippen molar-refractivity contribution in [3.8, 4) is 0 Å². The summed E-state index contributed by atoms with van der Waals surface area (Å²) in [5, 5.41) is 110. The van der Waals surface area contributed by atoms with Crippen LogP contribution in [0.15, 0.2) is 0 Å². The van der Waals surface area contributed by atoms with Crippen LogP contribution >= 0.6 is 7.82 Å². The van der Waals surface area contributed by atoms with Gasteiger partial charge in [-0.2, -0.15) is 0 Å². The molecule has 11 N–H and O–H groups in total. The predicted molar refractivity (Wildman–Crippen MR) is 356 cm³/mol. The first-order chi connectivity index (χ1) is 45.8. The van der Waals surface area contributed by atoms with Crippen LogP contribution in [0.4, 0.5) is 0 Å². The molecular weight excluding hydrogens is 1260 g/mol. The molecule has 2 saturated heterocycles. The first-order valence-corrected chi connectivity index (χ1v) is 38.8. The van der Waals surface area contributed by atoms with E-state index in [9.17, 15) is 74.9 Å². The minimum absolute atomic E-state index is 0.0337. The van der Waals surface area contributed by atoms with Crippen LogP contribution in [0.5, 0.6) is 0 Å². The number of carbonyl (C=O) groups excluding carboxylic acids is 3. The maximum atomic E-state index is 14.3. The van der Waals surface area contributed by atoms with E-state index in [1.165, 1.54) is 148 Å². The third-order valence-electron chi connectivity index (χ3n) is 18.6. The average Bonchev–Trinajstić information content (AvgIpc) is 0.763. The normalized spacial score (nSPS) is 28.1. The van der Waals surface area contributed by atoms with Crippen molar-refractivity contribution in [2.24, 2.45) is 0 Å². The van der Waals surface area contributed by atoms with E-state index in [4.69, 9.17) is 42.2 Å². The highest BCUT2D eigenvalue weighted by atomic mass is 31.2. The SMILES string of the molecule is CCCCCCCCCCCCCCCCCC(=O)OCC(COP(=O)(O)OC1C(OC2OC(CO)C(O)C(O)C2O)C(O)C(O)C(O)C1OC1OC(COC(=O)CCCCCCCCCCCCCCCC)C(O)C(O)C1O)OC(=O)CCCCCCCCCCCCC. The molecule has 1 saturated carbocycles. The lowest BCUT2D eigenvalue weighted by Gasteiger charge is -2.49. The molecule has 24 nitrogen and oxygen atoms in total. The molecule has 0 aromatic rings. The second kappa shape index (κ2) is 52.9. The van der Waals surface area contributed by atoms with Crippen LogP contribution in [-0.2, 0) is 61.2 Å². The molecular formula is C70H131O24P. The molecule has 95 heavy (non-hydrogen) atoms.